The van der Waals surface area contributed by atoms with Gasteiger partial charge in [0, 0.05) is 17.3 Å². The summed E-state index contributed by atoms with van der Waals surface area (Å²) in [4.78, 5) is 14.5. The number of rotatable bonds is 3. The second-order valence-electron chi connectivity index (χ2n) is 4.74. The van der Waals surface area contributed by atoms with E-state index in [-0.39, 0.29) is 23.9 Å². The Bertz CT molecular complexity index is 630. The van der Waals surface area contributed by atoms with Gasteiger partial charge in [0.05, 0.1) is 6.61 Å². The minimum Gasteiger partial charge on any atom is -0.392 e. The van der Waals surface area contributed by atoms with Crippen LogP contribution in [0.5, 0.6) is 0 Å². The molecule has 1 aromatic carbocycles. The first-order valence-electron chi connectivity index (χ1n) is 6.15. The van der Waals surface area contributed by atoms with Crippen LogP contribution in [0.3, 0.4) is 0 Å². The van der Waals surface area contributed by atoms with Crippen LogP contribution in [-0.2, 0) is 6.61 Å². The topological polar surface area (TPSA) is 53.1 Å². The molecule has 0 unspecified atom stereocenters. The summed E-state index contributed by atoms with van der Waals surface area (Å²) >= 11 is 0. The number of aliphatic hydroxyl groups is 1. The van der Waals surface area contributed by atoms with Gasteiger partial charge in [-0.05, 0) is 29.2 Å². The first kappa shape index (κ1) is 13.5. The maximum Gasteiger partial charge on any atom is 0.251 e. The van der Waals surface area contributed by atoms with Crippen LogP contribution in [0.4, 0.5) is 4.39 Å². The van der Waals surface area contributed by atoms with Gasteiger partial charge in [-0.25, -0.2) is 4.39 Å². The summed E-state index contributed by atoms with van der Waals surface area (Å²) < 4.78 is 12.9. The highest BCUT2D eigenvalue weighted by molar-refractivity contribution is 5.67. The number of H-pyrrole nitrogens is 1. The van der Waals surface area contributed by atoms with E-state index in [4.69, 9.17) is 0 Å². The number of pyridine rings is 1. The molecule has 0 radical (unpaired) electrons. The molecule has 0 aliphatic heterocycles. The fourth-order valence-corrected chi connectivity index (χ4v) is 2.25. The molecular formula is C15H16FNO2. The highest BCUT2D eigenvalue weighted by atomic mass is 19.1. The average molecular weight is 261 g/mol. The predicted octanol–water partition coefficient (Wildman–Crippen LogP) is 2.80. The van der Waals surface area contributed by atoms with E-state index in [1.165, 1.54) is 12.1 Å². The van der Waals surface area contributed by atoms with Crippen molar-refractivity contribution in [3.05, 3.63) is 57.8 Å². The van der Waals surface area contributed by atoms with E-state index in [2.05, 4.69) is 4.98 Å². The molecule has 100 valence electrons. The minimum absolute atomic E-state index is 0.00583. The molecule has 2 rings (SSSR count). The number of halogens is 1. The van der Waals surface area contributed by atoms with Crippen LogP contribution in [-0.4, -0.2) is 10.1 Å². The molecule has 0 aliphatic carbocycles. The Morgan fingerprint density at radius 2 is 1.89 bits per heavy atom. The fraction of sp³-hybridized carbons (Fsp3) is 0.267. The van der Waals surface area contributed by atoms with Crippen molar-refractivity contribution < 1.29 is 9.50 Å². The number of nitrogens with one attached hydrogen (secondary N) is 1. The molecule has 1 aromatic heterocycles. The van der Waals surface area contributed by atoms with Crippen molar-refractivity contribution in [2.45, 2.75) is 26.4 Å². The average Bonchev–Trinajstić information content (AvgIpc) is 2.39. The Morgan fingerprint density at radius 3 is 2.42 bits per heavy atom. The Hall–Kier alpha value is -1.94. The van der Waals surface area contributed by atoms with Crippen molar-refractivity contribution in [3.8, 4) is 11.1 Å². The number of hydrogen-bond acceptors (Lipinski definition) is 2. The Kier molecular flexibility index (Phi) is 3.81. The summed E-state index contributed by atoms with van der Waals surface area (Å²) in [5.74, 6) is -0.311. The third-order valence-electron chi connectivity index (χ3n) is 3.13. The molecular weight excluding hydrogens is 245 g/mol. The lowest BCUT2D eigenvalue weighted by Crippen LogP contribution is -2.17. The van der Waals surface area contributed by atoms with E-state index in [0.29, 0.717) is 11.1 Å². The molecule has 0 saturated heterocycles. The molecule has 2 aromatic rings. The van der Waals surface area contributed by atoms with Gasteiger partial charge < -0.3 is 10.1 Å². The van der Waals surface area contributed by atoms with Crippen LogP contribution in [0.2, 0.25) is 0 Å². The number of aromatic nitrogens is 1. The van der Waals surface area contributed by atoms with E-state index in [9.17, 15) is 14.3 Å². The third kappa shape index (κ3) is 2.58. The number of aliphatic hydroxyl groups excluding tert-OH is 1. The molecule has 3 nitrogen and oxygen atoms in total. The molecule has 0 aliphatic rings. The van der Waals surface area contributed by atoms with E-state index in [0.717, 1.165) is 11.1 Å². The molecule has 0 bridgehead atoms. The SMILES string of the molecule is CC(C)c1c(CO)c(-c2ccc(F)cc2)c[nH]c1=O. The quantitative estimate of drug-likeness (QED) is 0.892. The van der Waals surface area contributed by atoms with E-state index >= 15 is 0 Å². The van der Waals surface area contributed by atoms with Crippen LogP contribution in [0.25, 0.3) is 11.1 Å². The molecule has 2 N–H and O–H groups in total. The van der Waals surface area contributed by atoms with Crippen LogP contribution < -0.4 is 5.56 Å². The second-order valence-corrected chi connectivity index (χ2v) is 4.74. The van der Waals surface area contributed by atoms with Gasteiger partial charge in [0.15, 0.2) is 0 Å². The zero-order valence-corrected chi connectivity index (χ0v) is 10.9. The van der Waals surface area contributed by atoms with Gasteiger partial charge in [-0.1, -0.05) is 26.0 Å². The van der Waals surface area contributed by atoms with Crippen molar-refractivity contribution in [2.75, 3.05) is 0 Å². The van der Waals surface area contributed by atoms with Gasteiger partial charge in [0.25, 0.3) is 5.56 Å². The summed E-state index contributed by atoms with van der Waals surface area (Å²) in [6, 6.07) is 5.98. The van der Waals surface area contributed by atoms with E-state index in [1.54, 1.807) is 18.3 Å². The Labute approximate surface area is 110 Å². The monoisotopic (exact) mass is 261 g/mol. The summed E-state index contributed by atoms with van der Waals surface area (Å²) in [6.07, 6.45) is 1.56. The third-order valence-corrected chi connectivity index (χ3v) is 3.13. The van der Waals surface area contributed by atoms with Crippen LogP contribution in [0.1, 0.15) is 30.9 Å². The van der Waals surface area contributed by atoms with Crippen molar-refractivity contribution in [3.63, 3.8) is 0 Å². The summed E-state index contributed by atoms with van der Waals surface area (Å²) in [5, 5.41) is 9.56. The molecule has 19 heavy (non-hydrogen) atoms. The first-order chi connectivity index (χ1) is 9.04. The maximum absolute atomic E-state index is 12.9. The highest BCUT2D eigenvalue weighted by Crippen LogP contribution is 2.27. The van der Waals surface area contributed by atoms with Gasteiger partial charge in [0.2, 0.25) is 0 Å². The van der Waals surface area contributed by atoms with E-state index in [1.807, 2.05) is 13.8 Å². The zero-order valence-electron chi connectivity index (χ0n) is 10.9. The number of aromatic amines is 1. The first-order valence-corrected chi connectivity index (χ1v) is 6.15. The molecule has 4 heteroatoms. The normalized spacial score (nSPS) is 11.0. The maximum atomic E-state index is 12.9. The minimum atomic E-state index is -0.317. The van der Waals surface area contributed by atoms with Gasteiger partial charge in [-0.2, -0.15) is 0 Å². The smallest absolute Gasteiger partial charge is 0.251 e. The Balaban J connectivity index is 2.67. The van der Waals surface area contributed by atoms with Gasteiger partial charge in [-0.15, -0.1) is 0 Å². The Morgan fingerprint density at radius 1 is 1.26 bits per heavy atom. The summed E-state index contributed by atoms with van der Waals surface area (Å²) in [6.45, 7) is 3.58. The van der Waals surface area contributed by atoms with Crippen molar-refractivity contribution in [1.82, 2.24) is 4.98 Å². The van der Waals surface area contributed by atoms with Crippen molar-refractivity contribution >= 4 is 0 Å². The molecule has 0 saturated carbocycles. The molecule has 0 spiro atoms. The fourth-order valence-electron chi connectivity index (χ4n) is 2.25. The number of hydrogen-bond donors (Lipinski definition) is 2. The molecule has 0 amide bonds. The largest absolute Gasteiger partial charge is 0.392 e. The molecule has 0 fully saturated rings. The second kappa shape index (κ2) is 5.36. The number of benzene rings is 1. The lowest BCUT2D eigenvalue weighted by molar-refractivity contribution is 0.280. The summed E-state index contributed by atoms with van der Waals surface area (Å²) in [5.41, 5.74) is 2.48. The van der Waals surface area contributed by atoms with Crippen LogP contribution >= 0.6 is 0 Å². The lowest BCUT2D eigenvalue weighted by atomic mass is 9.93. The van der Waals surface area contributed by atoms with Gasteiger partial charge >= 0.3 is 0 Å². The van der Waals surface area contributed by atoms with Crippen molar-refractivity contribution in [1.29, 1.82) is 0 Å². The molecule has 1 heterocycles. The van der Waals surface area contributed by atoms with E-state index < -0.39 is 0 Å². The molecule has 0 atom stereocenters. The highest BCUT2D eigenvalue weighted by Gasteiger charge is 2.15. The van der Waals surface area contributed by atoms with Crippen molar-refractivity contribution in [2.24, 2.45) is 0 Å². The van der Waals surface area contributed by atoms with Crippen LogP contribution in [0.15, 0.2) is 35.3 Å². The van der Waals surface area contributed by atoms with Gasteiger partial charge in [-0.3, -0.25) is 4.79 Å². The standard InChI is InChI=1S/C15H16FNO2/c1-9(2)14-13(8-18)12(7-17-15(14)19)10-3-5-11(16)6-4-10/h3-7,9,18H,8H2,1-2H3,(H,17,19). The lowest BCUT2D eigenvalue weighted by Gasteiger charge is -2.14. The predicted molar refractivity (Wildman–Crippen MR) is 72.5 cm³/mol. The zero-order chi connectivity index (χ0) is 14.0. The summed E-state index contributed by atoms with van der Waals surface area (Å²) in [7, 11) is 0. The van der Waals surface area contributed by atoms with Gasteiger partial charge in [0.1, 0.15) is 5.82 Å². The van der Waals surface area contributed by atoms with Crippen LogP contribution in [0, 0.1) is 5.82 Å².